The summed E-state index contributed by atoms with van der Waals surface area (Å²) < 4.78 is 2.02. The minimum atomic E-state index is 0.738. The number of rotatable bonds is 5. The fourth-order valence-electron chi connectivity index (χ4n) is 2.53. The molecule has 3 aromatic heterocycles. The standard InChI is InChI=1S/C18H17N5S/c1-2-13-6-8-14(9-7-13)17-20-18(22-21-17)24-12-15-11-23-10-4-3-5-16(23)19-15/h3-11H,2,12H2,1H3,(H,20,21,22). The van der Waals surface area contributed by atoms with Crippen molar-refractivity contribution in [3.05, 3.63) is 66.1 Å². The average Bonchev–Trinajstić information content (AvgIpc) is 3.26. The molecule has 1 aromatic carbocycles. The molecule has 0 spiro atoms. The fourth-order valence-corrected chi connectivity index (χ4v) is 3.22. The summed E-state index contributed by atoms with van der Waals surface area (Å²) in [5.74, 6) is 1.54. The van der Waals surface area contributed by atoms with Crippen LogP contribution < -0.4 is 0 Å². The van der Waals surface area contributed by atoms with Crippen LogP contribution in [0.1, 0.15) is 18.2 Å². The van der Waals surface area contributed by atoms with Crippen molar-refractivity contribution >= 4 is 17.4 Å². The first-order valence-electron chi connectivity index (χ1n) is 7.89. The van der Waals surface area contributed by atoms with Crippen LogP contribution in [-0.2, 0) is 12.2 Å². The molecule has 0 fully saturated rings. The van der Waals surface area contributed by atoms with E-state index in [0.717, 1.165) is 40.1 Å². The Morgan fingerprint density at radius 2 is 1.96 bits per heavy atom. The molecule has 24 heavy (non-hydrogen) atoms. The molecule has 0 saturated heterocycles. The molecule has 0 aliphatic heterocycles. The lowest BCUT2D eigenvalue weighted by atomic mass is 10.1. The number of hydrogen-bond donors (Lipinski definition) is 1. The monoisotopic (exact) mass is 335 g/mol. The van der Waals surface area contributed by atoms with Gasteiger partial charge in [0, 0.05) is 23.7 Å². The van der Waals surface area contributed by atoms with Gasteiger partial charge in [0.25, 0.3) is 0 Å². The van der Waals surface area contributed by atoms with Gasteiger partial charge in [-0.2, -0.15) is 0 Å². The number of imidazole rings is 1. The van der Waals surface area contributed by atoms with Crippen molar-refractivity contribution in [2.45, 2.75) is 24.3 Å². The Hall–Kier alpha value is -2.60. The SMILES string of the molecule is CCc1ccc(-c2nc(SCc3cn4ccccc4n3)n[nH]2)cc1. The van der Waals surface area contributed by atoms with Gasteiger partial charge in [0.2, 0.25) is 5.16 Å². The maximum atomic E-state index is 4.59. The zero-order valence-corrected chi connectivity index (χ0v) is 14.1. The second kappa shape index (κ2) is 6.49. The van der Waals surface area contributed by atoms with Crippen LogP contribution in [0.15, 0.2) is 60.0 Å². The summed E-state index contributed by atoms with van der Waals surface area (Å²) in [5, 5.41) is 8.05. The van der Waals surface area contributed by atoms with Crippen LogP contribution in [0, 0.1) is 0 Å². The molecule has 0 bridgehead atoms. The number of fused-ring (bicyclic) bond motifs is 1. The van der Waals surface area contributed by atoms with E-state index in [1.165, 1.54) is 5.56 Å². The molecule has 0 aliphatic carbocycles. The Kier molecular flexibility index (Phi) is 4.04. The minimum absolute atomic E-state index is 0.738. The lowest BCUT2D eigenvalue weighted by Crippen LogP contribution is -1.83. The third-order valence-electron chi connectivity index (χ3n) is 3.86. The first-order valence-corrected chi connectivity index (χ1v) is 8.87. The van der Waals surface area contributed by atoms with E-state index in [9.17, 15) is 0 Å². The fraction of sp³-hybridized carbons (Fsp3) is 0.167. The third-order valence-corrected chi connectivity index (χ3v) is 4.74. The maximum Gasteiger partial charge on any atom is 0.209 e. The van der Waals surface area contributed by atoms with Gasteiger partial charge >= 0.3 is 0 Å². The molecule has 0 aliphatic rings. The maximum absolute atomic E-state index is 4.59. The molecule has 0 saturated carbocycles. The molecule has 3 heterocycles. The number of pyridine rings is 1. The predicted molar refractivity (Wildman–Crippen MR) is 95.9 cm³/mol. The smallest absolute Gasteiger partial charge is 0.209 e. The highest BCUT2D eigenvalue weighted by atomic mass is 32.2. The van der Waals surface area contributed by atoms with Crippen molar-refractivity contribution in [3.63, 3.8) is 0 Å². The summed E-state index contributed by atoms with van der Waals surface area (Å²) >= 11 is 1.58. The van der Waals surface area contributed by atoms with Gasteiger partial charge in [-0.3, -0.25) is 5.10 Å². The molecule has 4 rings (SSSR count). The Labute approximate surface area is 144 Å². The van der Waals surface area contributed by atoms with E-state index in [1.54, 1.807) is 11.8 Å². The van der Waals surface area contributed by atoms with E-state index in [1.807, 2.05) is 35.0 Å². The van der Waals surface area contributed by atoms with E-state index in [-0.39, 0.29) is 0 Å². The first-order chi connectivity index (χ1) is 11.8. The number of aromatic amines is 1. The van der Waals surface area contributed by atoms with Crippen molar-refractivity contribution < 1.29 is 0 Å². The van der Waals surface area contributed by atoms with Crippen molar-refractivity contribution in [2.24, 2.45) is 0 Å². The van der Waals surface area contributed by atoms with Crippen molar-refractivity contribution in [1.29, 1.82) is 0 Å². The Bertz CT molecular complexity index is 922. The lowest BCUT2D eigenvalue weighted by molar-refractivity contribution is 0.972. The summed E-state index contributed by atoms with van der Waals surface area (Å²) in [5.41, 5.74) is 4.35. The summed E-state index contributed by atoms with van der Waals surface area (Å²) in [4.78, 5) is 9.15. The van der Waals surface area contributed by atoms with Gasteiger partial charge in [-0.05, 0) is 24.1 Å². The van der Waals surface area contributed by atoms with E-state index >= 15 is 0 Å². The van der Waals surface area contributed by atoms with Gasteiger partial charge in [-0.15, -0.1) is 5.10 Å². The minimum Gasteiger partial charge on any atom is -0.307 e. The predicted octanol–water partition coefficient (Wildman–Crippen LogP) is 3.97. The zero-order valence-electron chi connectivity index (χ0n) is 13.3. The highest BCUT2D eigenvalue weighted by Crippen LogP contribution is 2.22. The highest BCUT2D eigenvalue weighted by Gasteiger charge is 2.08. The Morgan fingerprint density at radius 1 is 1.08 bits per heavy atom. The Balaban J connectivity index is 1.46. The number of nitrogens with one attached hydrogen (secondary N) is 1. The number of hydrogen-bond acceptors (Lipinski definition) is 4. The van der Waals surface area contributed by atoms with Crippen molar-refractivity contribution in [2.75, 3.05) is 0 Å². The van der Waals surface area contributed by atoms with Gasteiger partial charge < -0.3 is 4.40 Å². The van der Waals surface area contributed by atoms with Crippen LogP contribution in [0.5, 0.6) is 0 Å². The third kappa shape index (κ3) is 3.05. The van der Waals surface area contributed by atoms with Crippen LogP contribution in [0.3, 0.4) is 0 Å². The average molecular weight is 335 g/mol. The van der Waals surface area contributed by atoms with Gasteiger partial charge in [0.15, 0.2) is 5.82 Å². The van der Waals surface area contributed by atoms with Crippen LogP contribution >= 0.6 is 11.8 Å². The van der Waals surface area contributed by atoms with Gasteiger partial charge in [0.05, 0.1) is 5.69 Å². The summed E-state index contributed by atoms with van der Waals surface area (Å²) in [6, 6.07) is 14.4. The van der Waals surface area contributed by atoms with Gasteiger partial charge in [-0.1, -0.05) is 49.0 Å². The lowest BCUT2D eigenvalue weighted by Gasteiger charge is -1.98. The summed E-state index contributed by atoms with van der Waals surface area (Å²) in [7, 11) is 0. The second-order valence-corrected chi connectivity index (χ2v) is 6.45. The van der Waals surface area contributed by atoms with E-state index in [2.05, 4.69) is 51.4 Å². The van der Waals surface area contributed by atoms with Crippen LogP contribution in [0.25, 0.3) is 17.0 Å². The molecule has 0 atom stereocenters. The number of thioether (sulfide) groups is 1. The van der Waals surface area contributed by atoms with Crippen molar-refractivity contribution in [1.82, 2.24) is 24.6 Å². The quantitative estimate of drug-likeness (QED) is 0.561. The topological polar surface area (TPSA) is 58.9 Å². The van der Waals surface area contributed by atoms with E-state index < -0.39 is 0 Å². The normalized spacial score (nSPS) is 11.2. The highest BCUT2D eigenvalue weighted by molar-refractivity contribution is 7.98. The van der Waals surface area contributed by atoms with Gasteiger partial charge in [-0.25, -0.2) is 9.97 Å². The van der Waals surface area contributed by atoms with Crippen LogP contribution in [0.2, 0.25) is 0 Å². The molecular formula is C18H17N5S. The molecule has 6 heteroatoms. The molecule has 0 amide bonds. The molecule has 0 radical (unpaired) electrons. The van der Waals surface area contributed by atoms with E-state index in [4.69, 9.17) is 0 Å². The first kappa shape index (κ1) is 15.0. The largest absolute Gasteiger partial charge is 0.307 e. The molecule has 1 N–H and O–H groups in total. The number of aromatic nitrogens is 5. The Morgan fingerprint density at radius 3 is 2.75 bits per heavy atom. The number of benzene rings is 1. The number of nitrogens with zero attached hydrogens (tertiary/aromatic N) is 4. The molecule has 5 nitrogen and oxygen atoms in total. The molecule has 4 aromatic rings. The van der Waals surface area contributed by atoms with Crippen LogP contribution in [-0.4, -0.2) is 24.6 Å². The van der Waals surface area contributed by atoms with Crippen molar-refractivity contribution in [3.8, 4) is 11.4 Å². The second-order valence-electron chi connectivity index (χ2n) is 5.50. The molecule has 120 valence electrons. The van der Waals surface area contributed by atoms with E-state index in [0.29, 0.717) is 0 Å². The molecule has 0 unspecified atom stereocenters. The summed E-state index contributed by atoms with van der Waals surface area (Å²) in [6.07, 6.45) is 5.08. The molecular weight excluding hydrogens is 318 g/mol. The van der Waals surface area contributed by atoms with Crippen LogP contribution in [0.4, 0.5) is 0 Å². The zero-order chi connectivity index (χ0) is 16.4. The summed E-state index contributed by atoms with van der Waals surface area (Å²) in [6.45, 7) is 2.15. The van der Waals surface area contributed by atoms with Gasteiger partial charge in [0.1, 0.15) is 5.65 Å². The number of H-pyrrole nitrogens is 1. The number of aryl methyl sites for hydroxylation is 1.